The average molecular weight is 338 g/mol. The van der Waals surface area contributed by atoms with Crippen molar-refractivity contribution in [3.05, 3.63) is 70.4 Å². The normalized spacial score (nSPS) is 14.8. The van der Waals surface area contributed by atoms with Crippen molar-refractivity contribution in [3.8, 4) is 0 Å². The van der Waals surface area contributed by atoms with Crippen LogP contribution in [0.15, 0.2) is 36.4 Å². The van der Waals surface area contributed by atoms with E-state index in [1.54, 1.807) is 6.07 Å². The molecule has 0 unspecified atom stereocenters. The van der Waals surface area contributed by atoms with Gasteiger partial charge in [0.05, 0.1) is 5.52 Å². The van der Waals surface area contributed by atoms with Crippen molar-refractivity contribution in [1.82, 2.24) is 9.88 Å². The second-order valence-corrected chi connectivity index (χ2v) is 6.68. The van der Waals surface area contributed by atoms with Crippen LogP contribution in [0.1, 0.15) is 29.3 Å². The molecule has 1 aromatic heterocycles. The number of nitrogens with one attached hydrogen (secondary N) is 1. The van der Waals surface area contributed by atoms with Crippen molar-refractivity contribution >= 4 is 22.7 Å². The summed E-state index contributed by atoms with van der Waals surface area (Å²) in [6.45, 7) is 5.82. The summed E-state index contributed by atoms with van der Waals surface area (Å²) in [4.78, 5) is 0. The Labute approximate surface area is 145 Å². The molecule has 128 valence electrons. The number of aryl methyl sites for hydroxylation is 1. The third kappa shape index (κ3) is 2.76. The largest absolute Gasteiger partial charge is 0.318 e. The van der Waals surface area contributed by atoms with Gasteiger partial charge in [-0.2, -0.15) is 0 Å². The second kappa shape index (κ2) is 6.12. The van der Waals surface area contributed by atoms with Gasteiger partial charge in [0, 0.05) is 23.8 Å². The summed E-state index contributed by atoms with van der Waals surface area (Å²) in [6, 6.07) is 10.5. The monoisotopic (exact) mass is 338 g/mol. The first-order valence-corrected chi connectivity index (χ1v) is 8.51. The molecule has 0 saturated heterocycles. The molecule has 0 aliphatic carbocycles. The van der Waals surface area contributed by atoms with E-state index in [0.29, 0.717) is 5.56 Å². The highest BCUT2D eigenvalue weighted by Gasteiger charge is 2.19. The van der Waals surface area contributed by atoms with Gasteiger partial charge in [-0.05, 0) is 67.8 Å². The maximum Gasteiger partial charge on any atom is 0.159 e. The Morgan fingerprint density at radius 1 is 1.12 bits per heavy atom. The number of rotatable bonds is 2. The molecule has 2 aromatic carbocycles. The first kappa shape index (κ1) is 16.0. The molecule has 2 nitrogen and oxygen atoms in total. The molecule has 0 fully saturated rings. The molecule has 1 N–H and O–H groups in total. The quantitative estimate of drug-likeness (QED) is 0.704. The van der Waals surface area contributed by atoms with Gasteiger partial charge in [-0.15, -0.1) is 0 Å². The highest BCUT2D eigenvalue weighted by molar-refractivity contribution is 5.90. The Morgan fingerprint density at radius 2 is 1.96 bits per heavy atom. The Hall–Kier alpha value is -2.46. The van der Waals surface area contributed by atoms with Gasteiger partial charge in [0.2, 0.25) is 0 Å². The standard InChI is InChI=1S/C21H20F2N2/c1-13-3-6-20-17(9-13)16-7-8-24-11-21(16)25(20)12-14(2)15-4-5-18(22)19(23)10-15/h3-6,9-10,12,24H,7-8,11H2,1-2H3/b14-12+. The third-order valence-electron chi connectivity index (χ3n) is 4.92. The van der Waals surface area contributed by atoms with Crippen LogP contribution < -0.4 is 5.32 Å². The number of nitrogens with zero attached hydrogens (tertiary/aromatic N) is 1. The van der Waals surface area contributed by atoms with E-state index in [2.05, 4.69) is 35.0 Å². The molecule has 0 saturated carbocycles. The maximum absolute atomic E-state index is 13.6. The Morgan fingerprint density at radius 3 is 2.76 bits per heavy atom. The summed E-state index contributed by atoms with van der Waals surface area (Å²) in [5.74, 6) is -1.64. The van der Waals surface area contributed by atoms with Crippen molar-refractivity contribution in [3.63, 3.8) is 0 Å². The zero-order chi connectivity index (χ0) is 17.6. The summed E-state index contributed by atoms with van der Waals surface area (Å²) in [5.41, 5.74) is 6.60. The van der Waals surface area contributed by atoms with Crippen LogP contribution in [0, 0.1) is 18.6 Å². The van der Waals surface area contributed by atoms with Gasteiger partial charge in [-0.3, -0.25) is 0 Å². The number of hydrogen-bond acceptors (Lipinski definition) is 1. The van der Waals surface area contributed by atoms with E-state index in [9.17, 15) is 8.78 Å². The summed E-state index contributed by atoms with van der Waals surface area (Å²) >= 11 is 0. The lowest BCUT2D eigenvalue weighted by Crippen LogP contribution is -2.24. The number of hydrogen-bond donors (Lipinski definition) is 1. The number of fused-ring (bicyclic) bond motifs is 3. The predicted octanol–water partition coefficient (Wildman–Crippen LogP) is 4.89. The van der Waals surface area contributed by atoms with Gasteiger partial charge < -0.3 is 9.88 Å². The maximum atomic E-state index is 13.6. The zero-order valence-electron chi connectivity index (χ0n) is 14.4. The van der Waals surface area contributed by atoms with E-state index in [-0.39, 0.29) is 0 Å². The molecule has 0 amide bonds. The van der Waals surface area contributed by atoms with Crippen LogP contribution in [0.25, 0.3) is 22.7 Å². The third-order valence-corrected chi connectivity index (χ3v) is 4.92. The molecule has 3 aromatic rings. The van der Waals surface area contributed by atoms with Gasteiger partial charge in [-0.1, -0.05) is 17.7 Å². The van der Waals surface area contributed by atoms with E-state index in [4.69, 9.17) is 0 Å². The summed E-state index contributed by atoms with van der Waals surface area (Å²) in [6.07, 6.45) is 3.02. The molecule has 4 heteroatoms. The van der Waals surface area contributed by atoms with Crippen LogP contribution in [0.3, 0.4) is 0 Å². The molecule has 1 aliphatic rings. The first-order chi connectivity index (χ1) is 12.0. The predicted molar refractivity (Wildman–Crippen MR) is 98.3 cm³/mol. The minimum atomic E-state index is -0.819. The van der Waals surface area contributed by atoms with E-state index in [1.807, 2.05) is 13.1 Å². The first-order valence-electron chi connectivity index (χ1n) is 8.51. The molecule has 25 heavy (non-hydrogen) atoms. The topological polar surface area (TPSA) is 17.0 Å². The number of aromatic nitrogens is 1. The summed E-state index contributed by atoms with van der Waals surface area (Å²) in [5, 5.41) is 4.71. The van der Waals surface area contributed by atoms with Crippen molar-refractivity contribution in [2.24, 2.45) is 0 Å². The molecule has 1 aliphatic heterocycles. The van der Waals surface area contributed by atoms with Crippen LogP contribution in [0.5, 0.6) is 0 Å². The van der Waals surface area contributed by atoms with E-state index in [0.717, 1.165) is 30.6 Å². The molecular formula is C21H20F2N2. The molecule has 2 heterocycles. The molecule has 4 rings (SSSR count). The fourth-order valence-corrected chi connectivity index (χ4v) is 3.60. The van der Waals surface area contributed by atoms with Crippen LogP contribution in [-0.4, -0.2) is 11.1 Å². The number of allylic oxidation sites excluding steroid dienone is 1. The highest BCUT2D eigenvalue weighted by Crippen LogP contribution is 2.31. The molecule has 0 spiro atoms. The van der Waals surface area contributed by atoms with Gasteiger partial charge in [0.15, 0.2) is 11.6 Å². The van der Waals surface area contributed by atoms with Gasteiger partial charge in [0.1, 0.15) is 0 Å². The van der Waals surface area contributed by atoms with Gasteiger partial charge in [0.25, 0.3) is 0 Å². The highest BCUT2D eigenvalue weighted by atomic mass is 19.2. The lowest BCUT2D eigenvalue weighted by atomic mass is 10.0. The average Bonchev–Trinajstić information content (AvgIpc) is 2.91. The van der Waals surface area contributed by atoms with Crippen molar-refractivity contribution < 1.29 is 8.78 Å². The van der Waals surface area contributed by atoms with Gasteiger partial charge >= 0.3 is 0 Å². The smallest absolute Gasteiger partial charge is 0.159 e. The van der Waals surface area contributed by atoms with E-state index < -0.39 is 11.6 Å². The summed E-state index contributed by atoms with van der Waals surface area (Å²) in [7, 11) is 0. The van der Waals surface area contributed by atoms with Crippen LogP contribution in [0.4, 0.5) is 8.78 Å². The minimum Gasteiger partial charge on any atom is -0.318 e. The van der Waals surface area contributed by atoms with E-state index in [1.165, 1.54) is 34.3 Å². The lowest BCUT2D eigenvalue weighted by molar-refractivity contribution is 0.508. The van der Waals surface area contributed by atoms with Crippen LogP contribution >= 0.6 is 0 Å². The van der Waals surface area contributed by atoms with Crippen LogP contribution in [-0.2, 0) is 13.0 Å². The van der Waals surface area contributed by atoms with Crippen molar-refractivity contribution in [1.29, 1.82) is 0 Å². The van der Waals surface area contributed by atoms with E-state index >= 15 is 0 Å². The molecule has 0 bridgehead atoms. The Balaban J connectivity index is 1.89. The number of benzene rings is 2. The Kier molecular flexibility index (Phi) is 3.92. The van der Waals surface area contributed by atoms with Crippen molar-refractivity contribution in [2.45, 2.75) is 26.8 Å². The van der Waals surface area contributed by atoms with Crippen LogP contribution in [0.2, 0.25) is 0 Å². The minimum absolute atomic E-state index is 0.686. The van der Waals surface area contributed by atoms with Gasteiger partial charge in [-0.25, -0.2) is 8.78 Å². The number of halogens is 2. The lowest BCUT2D eigenvalue weighted by Gasteiger charge is -2.16. The fourth-order valence-electron chi connectivity index (χ4n) is 3.60. The SMILES string of the molecule is C/C(=C\n1c2c(c3cc(C)ccc31)CCNC2)c1ccc(F)c(F)c1. The second-order valence-electron chi connectivity index (χ2n) is 6.68. The zero-order valence-corrected chi connectivity index (χ0v) is 14.4. The summed E-state index contributed by atoms with van der Waals surface area (Å²) < 4.78 is 29.0. The van der Waals surface area contributed by atoms with Crippen molar-refractivity contribution in [2.75, 3.05) is 6.54 Å². The molecular weight excluding hydrogens is 318 g/mol. The molecule has 0 atom stereocenters. The Bertz CT molecular complexity index is 999. The fraction of sp³-hybridized carbons (Fsp3) is 0.238. The molecule has 0 radical (unpaired) electrons.